The molecule has 11 heteroatoms. The minimum atomic E-state index is -0.327. The number of aromatic amines is 1. The van der Waals surface area contributed by atoms with E-state index in [0.717, 1.165) is 64.2 Å². The van der Waals surface area contributed by atoms with Gasteiger partial charge in [0.2, 0.25) is 0 Å². The summed E-state index contributed by atoms with van der Waals surface area (Å²) in [6, 6.07) is 7.64. The fraction of sp³-hybridized carbons (Fsp3) is 0.500. The number of aromatic nitrogens is 4. The van der Waals surface area contributed by atoms with Crippen molar-refractivity contribution < 1.29 is 4.39 Å². The first-order valence-corrected chi connectivity index (χ1v) is 13.6. The van der Waals surface area contributed by atoms with Crippen LogP contribution in [0.5, 0.6) is 0 Å². The van der Waals surface area contributed by atoms with E-state index in [1.165, 1.54) is 17.0 Å². The summed E-state index contributed by atoms with van der Waals surface area (Å²) in [6.45, 7) is 7.40. The van der Waals surface area contributed by atoms with Crippen molar-refractivity contribution in [1.82, 2.24) is 29.5 Å². The zero-order valence-corrected chi connectivity index (χ0v) is 22.4. The molecule has 1 N–H and O–H groups in total. The van der Waals surface area contributed by atoms with Crippen molar-refractivity contribution in [3.63, 3.8) is 0 Å². The number of piperazine rings is 1. The predicted molar refractivity (Wildman–Crippen MR) is 144 cm³/mol. The number of hydrogen-bond acceptors (Lipinski definition) is 6. The summed E-state index contributed by atoms with van der Waals surface area (Å²) in [5, 5.41) is 7.11. The van der Waals surface area contributed by atoms with E-state index in [2.05, 4.69) is 36.8 Å². The number of nitrogens with zero attached hydrogens (tertiary/aromatic N) is 6. The Morgan fingerprint density at radius 2 is 1.95 bits per heavy atom. The van der Waals surface area contributed by atoms with Gasteiger partial charge in [0.05, 0.1) is 16.9 Å². The Morgan fingerprint density at radius 1 is 1.14 bits per heavy atom. The number of anilines is 1. The number of pyridine rings is 1. The first-order valence-electron chi connectivity index (χ1n) is 12.9. The lowest BCUT2D eigenvalue weighted by molar-refractivity contribution is 0.0587. The molecule has 198 valence electrons. The summed E-state index contributed by atoms with van der Waals surface area (Å²) in [5.41, 5.74) is 0.960. The van der Waals surface area contributed by atoms with Crippen LogP contribution in [0.2, 0.25) is 10.0 Å². The summed E-state index contributed by atoms with van der Waals surface area (Å²) in [5.74, 6) is 0.522. The fourth-order valence-corrected chi connectivity index (χ4v) is 6.09. The molecule has 1 aromatic carbocycles. The molecule has 0 bridgehead atoms. The SMILES string of the molecule is CCC[C@H]1CN(c2ncc(-n3cn[nH]c3=O)cc2Cl)CCN1C1CCN(Cc2ccc(Cl)cc2F)CC1. The minimum Gasteiger partial charge on any atom is -0.353 e. The molecule has 37 heavy (non-hydrogen) atoms. The van der Waals surface area contributed by atoms with Gasteiger partial charge < -0.3 is 4.90 Å². The first kappa shape index (κ1) is 26.2. The maximum atomic E-state index is 14.3. The quantitative estimate of drug-likeness (QED) is 0.473. The van der Waals surface area contributed by atoms with Crippen LogP contribution in [0.1, 0.15) is 38.2 Å². The van der Waals surface area contributed by atoms with Crippen molar-refractivity contribution in [3.8, 4) is 5.69 Å². The molecule has 5 rings (SSSR count). The third-order valence-corrected chi connectivity index (χ3v) is 8.04. The molecule has 0 unspecified atom stereocenters. The molecule has 8 nitrogen and oxygen atoms in total. The highest BCUT2D eigenvalue weighted by Gasteiger charge is 2.34. The van der Waals surface area contributed by atoms with Crippen LogP contribution in [0.25, 0.3) is 5.69 Å². The Balaban J connectivity index is 1.22. The molecule has 2 fully saturated rings. The standard InChI is InChI=1S/C26H32Cl2FN7O/c1-2-3-21-16-34(25-23(28)13-22(14-30-25)36-17-31-32-26(36)37)10-11-35(21)20-6-8-33(9-7-20)15-18-4-5-19(27)12-24(18)29/h4-5,12-14,17,20-21H,2-3,6-11,15-16H2,1H3,(H,32,37)/t21-/m0/s1. The predicted octanol–water partition coefficient (Wildman–Crippen LogP) is 4.36. The molecule has 0 spiro atoms. The molecule has 0 saturated carbocycles. The molecule has 2 aliphatic rings. The Kier molecular flexibility index (Phi) is 8.14. The molecule has 0 radical (unpaired) electrons. The zero-order valence-electron chi connectivity index (χ0n) is 20.9. The van der Waals surface area contributed by atoms with Gasteiger partial charge in [0.15, 0.2) is 0 Å². The van der Waals surface area contributed by atoms with E-state index in [1.54, 1.807) is 24.4 Å². The Bertz CT molecular complexity index is 1270. The van der Waals surface area contributed by atoms with Crippen LogP contribution < -0.4 is 10.6 Å². The van der Waals surface area contributed by atoms with Gasteiger partial charge >= 0.3 is 5.69 Å². The van der Waals surface area contributed by atoms with Crippen molar-refractivity contribution >= 4 is 29.0 Å². The summed E-state index contributed by atoms with van der Waals surface area (Å²) in [6.07, 6.45) is 7.44. The molecule has 2 aromatic heterocycles. The van der Waals surface area contributed by atoms with Crippen LogP contribution in [0.3, 0.4) is 0 Å². The van der Waals surface area contributed by atoms with Crippen molar-refractivity contribution in [3.05, 3.63) is 68.7 Å². The molecular weight excluding hydrogens is 516 g/mol. The molecule has 3 aromatic rings. The highest BCUT2D eigenvalue weighted by atomic mass is 35.5. The average molecular weight is 548 g/mol. The molecule has 1 atom stereocenters. The van der Waals surface area contributed by atoms with Gasteiger partial charge in [0, 0.05) is 48.8 Å². The van der Waals surface area contributed by atoms with Crippen LogP contribution in [0.15, 0.2) is 41.6 Å². The number of nitrogens with one attached hydrogen (secondary N) is 1. The van der Waals surface area contributed by atoms with Crippen molar-refractivity contribution in [1.29, 1.82) is 0 Å². The summed E-state index contributed by atoms with van der Waals surface area (Å²) >= 11 is 12.5. The van der Waals surface area contributed by atoms with E-state index in [-0.39, 0.29) is 11.5 Å². The number of halogens is 3. The van der Waals surface area contributed by atoms with Gasteiger partial charge in [-0.3, -0.25) is 9.80 Å². The summed E-state index contributed by atoms with van der Waals surface area (Å²) in [7, 11) is 0. The summed E-state index contributed by atoms with van der Waals surface area (Å²) < 4.78 is 15.7. The van der Waals surface area contributed by atoms with E-state index < -0.39 is 0 Å². The highest BCUT2D eigenvalue weighted by Crippen LogP contribution is 2.31. The third-order valence-electron chi connectivity index (χ3n) is 7.52. The average Bonchev–Trinajstić information content (AvgIpc) is 3.32. The van der Waals surface area contributed by atoms with Gasteiger partial charge in [-0.15, -0.1) is 0 Å². The van der Waals surface area contributed by atoms with Gasteiger partial charge in [-0.25, -0.2) is 23.8 Å². The Labute approximate surface area is 226 Å². The smallest absolute Gasteiger partial charge is 0.347 e. The molecule has 2 aliphatic heterocycles. The highest BCUT2D eigenvalue weighted by molar-refractivity contribution is 6.33. The fourth-order valence-electron chi connectivity index (χ4n) is 5.65. The minimum absolute atomic E-state index is 0.231. The van der Waals surface area contributed by atoms with Crippen molar-refractivity contribution in [2.24, 2.45) is 0 Å². The molecule has 0 amide bonds. The normalized spacial score (nSPS) is 20.0. The maximum absolute atomic E-state index is 14.3. The summed E-state index contributed by atoms with van der Waals surface area (Å²) in [4.78, 5) is 23.8. The van der Waals surface area contributed by atoms with E-state index >= 15 is 0 Å². The molecule has 4 heterocycles. The van der Waals surface area contributed by atoms with E-state index in [1.807, 2.05) is 0 Å². The lowest BCUT2D eigenvalue weighted by Gasteiger charge is -2.48. The van der Waals surface area contributed by atoms with Crippen molar-refractivity contribution in [2.75, 3.05) is 37.6 Å². The number of piperidine rings is 1. The zero-order chi connectivity index (χ0) is 25.9. The van der Waals surface area contributed by atoms with Gasteiger partial charge in [-0.2, -0.15) is 5.10 Å². The van der Waals surface area contributed by atoms with E-state index in [9.17, 15) is 9.18 Å². The van der Waals surface area contributed by atoms with Gasteiger partial charge in [0.25, 0.3) is 0 Å². The van der Waals surface area contributed by atoms with Crippen LogP contribution in [0, 0.1) is 5.82 Å². The van der Waals surface area contributed by atoms with Gasteiger partial charge in [-0.05, 0) is 50.6 Å². The van der Waals surface area contributed by atoms with E-state index in [0.29, 0.717) is 39.9 Å². The first-order chi connectivity index (χ1) is 17.9. The van der Waals surface area contributed by atoms with E-state index in [4.69, 9.17) is 23.2 Å². The number of H-pyrrole nitrogens is 1. The number of likely N-dealkylation sites (tertiary alicyclic amines) is 1. The second-order valence-electron chi connectivity index (χ2n) is 9.90. The van der Waals surface area contributed by atoms with Crippen LogP contribution >= 0.6 is 23.2 Å². The van der Waals surface area contributed by atoms with Gasteiger partial charge in [-0.1, -0.05) is 42.6 Å². The lowest BCUT2D eigenvalue weighted by Crippen LogP contribution is -2.58. The Hall–Kier alpha value is -2.46. The van der Waals surface area contributed by atoms with Crippen molar-refractivity contribution in [2.45, 2.75) is 51.2 Å². The largest absolute Gasteiger partial charge is 0.353 e. The topological polar surface area (TPSA) is 73.3 Å². The maximum Gasteiger partial charge on any atom is 0.347 e. The third kappa shape index (κ3) is 5.85. The number of rotatable bonds is 7. The lowest BCUT2D eigenvalue weighted by atomic mass is 9.97. The molecule has 2 saturated heterocycles. The van der Waals surface area contributed by atoms with Crippen LogP contribution in [-0.2, 0) is 6.54 Å². The Morgan fingerprint density at radius 3 is 2.62 bits per heavy atom. The number of benzene rings is 1. The second kappa shape index (κ2) is 11.5. The van der Waals surface area contributed by atoms with Gasteiger partial charge in [0.1, 0.15) is 18.0 Å². The monoisotopic (exact) mass is 547 g/mol. The molecule has 0 aliphatic carbocycles. The number of hydrogen-bond donors (Lipinski definition) is 1. The molecular formula is C26H32Cl2FN7O. The second-order valence-corrected chi connectivity index (χ2v) is 10.7. The van der Waals surface area contributed by atoms with Crippen LogP contribution in [0.4, 0.5) is 10.2 Å². The van der Waals surface area contributed by atoms with Crippen LogP contribution in [-0.4, -0.2) is 74.4 Å².